The normalized spacial score (nSPS) is 12.5. The summed E-state index contributed by atoms with van der Waals surface area (Å²) in [5.74, 6) is -0.443. The van der Waals surface area contributed by atoms with Crippen molar-refractivity contribution in [1.29, 1.82) is 0 Å². The van der Waals surface area contributed by atoms with E-state index in [-0.39, 0.29) is 5.56 Å². The van der Waals surface area contributed by atoms with E-state index in [4.69, 9.17) is 11.6 Å². The molecular formula is C13H8BrClFIO. The van der Waals surface area contributed by atoms with Crippen LogP contribution in [-0.4, -0.2) is 5.11 Å². The third-order valence-electron chi connectivity index (χ3n) is 2.51. The summed E-state index contributed by atoms with van der Waals surface area (Å²) in [4.78, 5) is 0. The van der Waals surface area contributed by atoms with Crippen molar-refractivity contribution in [3.63, 3.8) is 0 Å². The molecule has 1 unspecified atom stereocenters. The molecule has 0 aliphatic rings. The molecule has 1 N–H and O–H groups in total. The zero-order valence-electron chi connectivity index (χ0n) is 9.00. The fourth-order valence-corrected chi connectivity index (χ4v) is 2.81. The second kappa shape index (κ2) is 5.86. The molecule has 0 aromatic heterocycles. The first-order chi connectivity index (χ1) is 8.49. The van der Waals surface area contributed by atoms with Crippen molar-refractivity contribution in [1.82, 2.24) is 0 Å². The van der Waals surface area contributed by atoms with E-state index in [0.29, 0.717) is 10.6 Å². The Bertz CT molecular complexity index is 540. The molecule has 0 spiro atoms. The van der Waals surface area contributed by atoms with Gasteiger partial charge in [0, 0.05) is 18.6 Å². The van der Waals surface area contributed by atoms with Gasteiger partial charge in [-0.15, -0.1) is 0 Å². The Balaban J connectivity index is 2.50. The Morgan fingerprint density at radius 1 is 1.17 bits per heavy atom. The van der Waals surface area contributed by atoms with E-state index >= 15 is 0 Å². The number of halogens is 4. The van der Waals surface area contributed by atoms with Gasteiger partial charge in [-0.25, -0.2) is 4.39 Å². The van der Waals surface area contributed by atoms with E-state index < -0.39 is 11.9 Å². The van der Waals surface area contributed by atoms with Crippen LogP contribution in [0.2, 0.25) is 5.02 Å². The highest BCUT2D eigenvalue weighted by molar-refractivity contribution is 14.1. The van der Waals surface area contributed by atoms with Crippen LogP contribution in [0, 0.1) is 9.39 Å². The first-order valence-electron chi connectivity index (χ1n) is 5.07. The van der Waals surface area contributed by atoms with Crippen molar-refractivity contribution in [3.05, 3.63) is 66.4 Å². The zero-order valence-corrected chi connectivity index (χ0v) is 13.5. The van der Waals surface area contributed by atoms with Gasteiger partial charge >= 0.3 is 0 Å². The van der Waals surface area contributed by atoms with Crippen LogP contribution in [0.15, 0.2) is 40.9 Å². The molecule has 0 aliphatic heterocycles. The Labute approximate surface area is 131 Å². The maximum atomic E-state index is 13.7. The minimum atomic E-state index is -1.03. The Morgan fingerprint density at radius 2 is 1.89 bits per heavy atom. The van der Waals surface area contributed by atoms with Gasteiger partial charge in [-0.05, 0) is 64.6 Å². The predicted molar refractivity (Wildman–Crippen MR) is 82.3 cm³/mol. The highest BCUT2D eigenvalue weighted by Gasteiger charge is 2.18. The topological polar surface area (TPSA) is 20.2 Å². The average molecular weight is 441 g/mol. The summed E-state index contributed by atoms with van der Waals surface area (Å²) in [7, 11) is 0. The number of rotatable bonds is 2. The molecular weight excluding hydrogens is 433 g/mol. The van der Waals surface area contributed by atoms with Crippen LogP contribution in [-0.2, 0) is 0 Å². The highest BCUT2D eigenvalue weighted by Crippen LogP contribution is 2.31. The average Bonchev–Trinajstić information content (AvgIpc) is 2.34. The summed E-state index contributed by atoms with van der Waals surface area (Å²) in [5, 5.41) is 10.8. The lowest BCUT2D eigenvalue weighted by Crippen LogP contribution is -2.04. The maximum Gasteiger partial charge on any atom is 0.129 e. The van der Waals surface area contributed by atoms with Gasteiger partial charge in [0.1, 0.15) is 11.9 Å². The van der Waals surface area contributed by atoms with Crippen LogP contribution >= 0.6 is 50.1 Å². The van der Waals surface area contributed by atoms with Gasteiger partial charge in [0.2, 0.25) is 0 Å². The van der Waals surface area contributed by atoms with Crippen LogP contribution < -0.4 is 0 Å². The van der Waals surface area contributed by atoms with E-state index in [9.17, 15) is 9.50 Å². The summed E-state index contributed by atoms with van der Waals surface area (Å²) in [6.07, 6.45) is -1.03. The number of aliphatic hydroxyl groups is 1. The minimum absolute atomic E-state index is 0.226. The smallest absolute Gasteiger partial charge is 0.129 e. The fraction of sp³-hybridized carbons (Fsp3) is 0.0769. The van der Waals surface area contributed by atoms with Crippen LogP contribution in [0.3, 0.4) is 0 Å². The second-order valence-corrected chi connectivity index (χ2v) is 6.25. The number of benzene rings is 2. The van der Waals surface area contributed by atoms with Crippen LogP contribution in [0.1, 0.15) is 17.2 Å². The lowest BCUT2D eigenvalue weighted by atomic mass is 10.0. The van der Waals surface area contributed by atoms with Gasteiger partial charge in [-0.3, -0.25) is 0 Å². The van der Waals surface area contributed by atoms with Gasteiger partial charge in [0.05, 0.1) is 0 Å². The van der Waals surface area contributed by atoms with Crippen molar-refractivity contribution < 1.29 is 9.50 Å². The largest absolute Gasteiger partial charge is 0.384 e. The number of hydrogen-bond acceptors (Lipinski definition) is 1. The first kappa shape index (κ1) is 14.2. The van der Waals surface area contributed by atoms with Crippen molar-refractivity contribution >= 4 is 50.1 Å². The van der Waals surface area contributed by atoms with Gasteiger partial charge in [-0.1, -0.05) is 27.5 Å². The molecule has 2 rings (SSSR count). The van der Waals surface area contributed by atoms with Crippen LogP contribution in [0.5, 0.6) is 0 Å². The van der Waals surface area contributed by atoms with Gasteiger partial charge in [0.25, 0.3) is 0 Å². The first-order valence-corrected chi connectivity index (χ1v) is 7.32. The molecule has 0 fully saturated rings. The molecule has 1 nitrogen and oxygen atoms in total. The third-order valence-corrected chi connectivity index (χ3v) is 4.22. The molecule has 2 aromatic carbocycles. The van der Waals surface area contributed by atoms with Crippen molar-refractivity contribution in [2.24, 2.45) is 0 Å². The zero-order chi connectivity index (χ0) is 13.3. The second-order valence-electron chi connectivity index (χ2n) is 3.73. The molecule has 18 heavy (non-hydrogen) atoms. The van der Waals surface area contributed by atoms with Crippen LogP contribution in [0.25, 0.3) is 0 Å². The van der Waals surface area contributed by atoms with Crippen molar-refractivity contribution in [3.8, 4) is 0 Å². The van der Waals surface area contributed by atoms with Gasteiger partial charge in [0.15, 0.2) is 0 Å². The number of aliphatic hydroxyl groups excluding tert-OH is 1. The summed E-state index contributed by atoms with van der Waals surface area (Å²) in [6.45, 7) is 0. The van der Waals surface area contributed by atoms with E-state index in [1.165, 1.54) is 6.07 Å². The Hall–Kier alpha value is -0.170. The molecule has 5 heteroatoms. The van der Waals surface area contributed by atoms with Gasteiger partial charge in [-0.2, -0.15) is 0 Å². The molecule has 1 atom stereocenters. The predicted octanol–water partition coefficient (Wildman–Crippen LogP) is 4.93. The molecule has 0 radical (unpaired) electrons. The van der Waals surface area contributed by atoms with Crippen molar-refractivity contribution in [2.45, 2.75) is 6.10 Å². The molecule has 0 bridgehead atoms. The quantitative estimate of drug-likeness (QED) is 0.656. The number of hydrogen-bond donors (Lipinski definition) is 1. The summed E-state index contributed by atoms with van der Waals surface area (Å²) < 4.78 is 15.3. The Kier molecular flexibility index (Phi) is 4.64. The van der Waals surface area contributed by atoms with E-state index in [2.05, 4.69) is 38.5 Å². The SMILES string of the molecule is OC(c1cc(Br)ccc1F)c1cc(Cl)ccc1I. The summed E-state index contributed by atoms with van der Waals surface area (Å²) in [5.41, 5.74) is 0.824. The molecule has 0 saturated carbocycles. The molecule has 94 valence electrons. The van der Waals surface area contributed by atoms with Crippen LogP contribution in [0.4, 0.5) is 4.39 Å². The summed E-state index contributed by atoms with van der Waals surface area (Å²) >= 11 is 11.3. The van der Waals surface area contributed by atoms with E-state index in [1.807, 2.05) is 0 Å². The lowest BCUT2D eigenvalue weighted by Gasteiger charge is -2.15. The Morgan fingerprint density at radius 3 is 2.61 bits per heavy atom. The molecule has 0 aliphatic carbocycles. The molecule has 0 saturated heterocycles. The third kappa shape index (κ3) is 3.04. The minimum Gasteiger partial charge on any atom is -0.384 e. The summed E-state index contributed by atoms with van der Waals surface area (Å²) in [6, 6.07) is 9.65. The monoisotopic (exact) mass is 440 g/mol. The molecule has 2 aromatic rings. The highest BCUT2D eigenvalue weighted by atomic mass is 127. The van der Waals surface area contributed by atoms with E-state index in [0.717, 1.165) is 8.04 Å². The fourth-order valence-electron chi connectivity index (χ4n) is 1.62. The standard InChI is InChI=1S/C13H8BrClFIO/c14-7-1-3-11(16)9(5-7)13(18)10-6-8(15)2-4-12(10)17/h1-6,13,18H. The molecule has 0 amide bonds. The maximum absolute atomic E-state index is 13.7. The van der Waals surface area contributed by atoms with Gasteiger partial charge < -0.3 is 5.11 Å². The van der Waals surface area contributed by atoms with E-state index in [1.54, 1.807) is 30.3 Å². The molecule has 0 heterocycles. The van der Waals surface area contributed by atoms with Crippen molar-refractivity contribution in [2.75, 3.05) is 0 Å². The lowest BCUT2D eigenvalue weighted by molar-refractivity contribution is 0.214.